The highest BCUT2D eigenvalue weighted by molar-refractivity contribution is 6.10. The van der Waals surface area contributed by atoms with Crippen LogP contribution in [-0.2, 0) is 9.59 Å². The van der Waals surface area contributed by atoms with E-state index in [1.54, 1.807) is 0 Å². The van der Waals surface area contributed by atoms with E-state index in [4.69, 9.17) is 5.73 Å². The predicted molar refractivity (Wildman–Crippen MR) is 51.1 cm³/mol. The van der Waals surface area contributed by atoms with E-state index in [0.29, 0.717) is 17.2 Å². The monoisotopic (exact) mass is 205 g/mol. The Kier molecular flexibility index (Phi) is 1.33. The van der Waals surface area contributed by atoms with Crippen LogP contribution in [0.25, 0.3) is 0 Å². The highest BCUT2D eigenvalue weighted by atomic mass is 16.2. The summed E-state index contributed by atoms with van der Waals surface area (Å²) >= 11 is 0. The molecule has 1 atom stereocenters. The van der Waals surface area contributed by atoms with Gasteiger partial charge >= 0.3 is 0 Å². The first-order chi connectivity index (χ1) is 7.15. The molecule has 2 aliphatic rings. The van der Waals surface area contributed by atoms with Crippen LogP contribution < -0.4 is 16.4 Å². The summed E-state index contributed by atoms with van der Waals surface area (Å²) in [6, 6.07) is 0. The van der Waals surface area contributed by atoms with E-state index in [2.05, 4.69) is 20.6 Å². The van der Waals surface area contributed by atoms with Gasteiger partial charge < -0.3 is 16.4 Å². The summed E-state index contributed by atoms with van der Waals surface area (Å²) in [6.45, 7) is 0. The lowest BCUT2D eigenvalue weighted by Crippen LogP contribution is -2.26. The zero-order valence-electron chi connectivity index (χ0n) is 7.57. The molecular formula is C8H7N5O2. The minimum Gasteiger partial charge on any atom is -0.368 e. The van der Waals surface area contributed by atoms with Crippen LogP contribution in [-0.4, -0.2) is 21.8 Å². The molecule has 2 amide bonds. The summed E-state index contributed by atoms with van der Waals surface area (Å²) < 4.78 is 0. The fourth-order valence-electron chi connectivity index (χ4n) is 1.91. The van der Waals surface area contributed by atoms with Gasteiger partial charge in [0, 0.05) is 6.42 Å². The van der Waals surface area contributed by atoms with Gasteiger partial charge in [-0.3, -0.25) is 9.59 Å². The van der Waals surface area contributed by atoms with Crippen molar-refractivity contribution < 1.29 is 9.59 Å². The third-order valence-electron chi connectivity index (χ3n) is 2.52. The second-order valence-electron chi connectivity index (χ2n) is 3.49. The van der Waals surface area contributed by atoms with Gasteiger partial charge in [0.25, 0.3) is 0 Å². The zero-order valence-corrected chi connectivity index (χ0v) is 7.57. The number of hydrogen-bond donors (Lipinski definition) is 3. The van der Waals surface area contributed by atoms with E-state index < -0.39 is 5.92 Å². The lowest BCUT2D eigenvalue weighted by atomic mass is 9.95. The highest BCUT2D eigenvalue weighted by Crippen LogP contribution is 2.40. The fraction of sp³-hybridized carbons (Fsp3) is 0.250. The Morgan fingerprint density at radius 2 is 1.87 bits per heavy atom. The van der Waals surface area contributed by atoms with Gasteiger partial charge in [0.1, 0.15) is 11.6 Å². The summed E-state index contributed by atoms with van der Waals surface area (Å²) in [6.07, 6.45) is 0.138. The second-order valence-corrected chi connectivity index (χ2v) is 3.49. The molecule has 3 heterocycles. The number of nitrogens with two attached hydrogens (primary N) is 1. The van der Waals surface area contributed by atoms with Crippen LogP contribution >= 0.6 is 0 Å². The Balaban J connectivity index is 2.26. The Labute approximate surface area is 84.1 Å². The van der Waals surface area contributed by atoms with Crippen LogP contribution in [0.5, 0.6) is 0 Å². The van der Waals surface area contributed by atoms with Crippen molar-refractivity contribution >= 4 is 29.4 Å². The maximum atomic E-state index is 11.5. The molecule has 0 fully saturated rings. The lowest BCUT2D eigenvalue weighted by Gasteiger charge is -2.18. The number of nitrogens with one attached hydrogen (secondary N) is 2. The topological polar surface area (TPSA) is 110 Å². The van der Waals surface area contributed by atoms with Gasteiger partial charge in [-0.05, 0) is 0 Å². The third-order valence-corrected chi connectivity index (χ3v) is 2.52. The van der Waals surface area contributed by atoms with Crippen molar-refractivity contribution in [1.82, 2.24) is 9.97 Å². The standard InChI is InChI=1S/C8H7N5O2/c9-8-12-5-4-2(1-3(14)10-5)7(15)11-6(4)13-8/h2H,1H2,(H4,9,10,11,12,13,14,15). The quantitative estimate of drug-likeness (QED) is 0.525. The molecule has 76 valence electrons. The van der Waals surface area contributed by atoms with Gasteiger partial charge in [0.2, 0.25) is 17.8 Å². The van der Waals surface area contributed by atoms with Gasteiger partial charge in [-0.15, -0.1) is 0 Å². The zero-order chi connectivity index (χ0) is 10.6. The van der Waals surface area contributed by atoms with Crippen LogP contribution in [0.4, 0.5) is 17.6 Å². The largest absolute Gasteiger partial charge is 0.368 e. The van der Waals surface area contributed by atoms with Crippen LogP contribution in [0.1, 0.15) is 17.9 Å². The molecule has 0 aliphatic carbocycles. The van der Waals surface area contributed by atoms with Crippen molar-refractivity contribution in [2.45, 2.75) is 12.3 Å². The minimum absolute atomic E-state index is 0.0342. The van der Waals surface area contributed by atoms with E-state index >= 15 is 0 Å². The molecule has 0 saturated carbocycles. The first kappa shape index (κ1) is 8.16. The first-order valence-corrected chi connectivity index (χ1v) is 4.43. The molecule has 1 unspecified atom stereocenters. The average molecular weight is 205 g/mol. The van der Waals surface area contributed by atoms with Crippen LogP contribution in [0.2, 0.25) is 0 Å². The van der Waals surface area contributed by atoms with Crippen molar-refractivity contribution in [2.24, 2.45) is 0 Å². The van der Waals surface area contributed by atoms with Crippen LogP contribution in [0.3, 0.4) is 0 Å². The number of nitrogen functional groups attached to an aromatic ring is 1. The molecule has 1 aromatic rings. The Bertz CT molecular complexity index is 498. The van der Waals surface area contributed by atoms with Crippen molar-refractivity contribution in [1.29, 1.82) is 0 Å². The smallest absolute Gasteiger partial charge is 0.233 e. The van der Waals surface area contributed by atoms with E-state index in [9.17, 15) is 9.59 Å². The molecule has 0 bridgehead atoms. The molecule has 3 rings (SSSR count). The second kappa shape index (κ2) is 2.44. The molecule has 0 spiro atoms. The van der Waals surface area contributed by atoms with Gasteiger partial charge in [-0.1, -0.05) is 0 Å². The number of aromatic nitrogens is 2. The number of nitrogens with zero attached hydrogens (tertiary/aromatic N) is 2. The lowest BCUT2D eigenvalue weighted by molar-refractivity contribution is -0.122. The number of rotatable bonds is 0. The number of carbonyl (C=O) groups excluding carboxylic acids is 2. The number of anilines is 3. The molecule has 7 heteroatoms. The van der Waals surface area contributed by atoms with Crippen molar-refractivity contribution in [3.63, 3.8) is 0 Å². The predicted octanol–water partition coefficient (Wildman–Crippen LogP) is -0.563. The van der Waals surface area contributed by atoms with Gasteiger partial charge in [0.15, 0.2) is 0 Å². The van der Waals surface area contributed by atoms with E-state index in [1.807, 2.05) is 0 Å². The molecule has 15 heavy (non-hydrogen) atoms. The Morgan fingerprint density at radius 3 is 2.60 bits per heavy atom. The molecular weight excluding hydrogens is 198 g/mol. The van der Waals surface area contributed by atoms with Crippen molar-refractivity contribution in [2.75, 3.05) is 16.4 Å². The van der Waals surface area contributed by atoms with Crippen LogP contribution in [0.15, 0.2) is 0 Å². The SMILES string of the molecule is Nc1nc2c3c(n1)NC(=O)C3CC(=O)N2. The first-order valence-electron chi connectivity index (χ1n) is 4.43. The maximum absolute atomic E-state index is 11.5. The van der Waals surface area contributed by atoms with Crippen LogP contribution in [0, 0.1) is 0 Å². The molecule has 2 aliphatic heterocycles. The van der Waals surface area contributed by atoms with E-state index in [0.717, 1.165) is 0 Å². The number of hydrogen-bond acceptors (Lipinski definition) is 5. The van der Waals surface area contributed by atoms with Gasteiger partial charge in [-0.25, -0.2) is 0 Å². The Hall–Kier alpha value is -2.18. The average Bonchev–Trinajstić information content (AvgIpc) is 2.43. The molecule has 1 aromatic heterocycles. The van der Waals surface area contributed by atoms with Crippen molar-refractivity contribution in [3.05, 3.63) is 5.56 Å². The Morgan fingerprint density at radius 1 is 1.20 bits per heavy atom. The highest BCUT2D eigenvalue weighted by Gasteiger charge is 2.40. The van der Waals surface area contributed by atoms with Gasteiger partial charge in [-0.2, -0.15) is 9.97 Å². The molecule has 0 saturated heterocycles. The van der Waals surface area contributed by atoms with E-state index in [1.165, 1.54) is 0 Å². The third kappa shape index (κ3) is 0.997. The maximum Gasteiger partial charge on any atom is 0.233 e. The molecule has 4 N–H and O–H groups in total. The summed E-state index contributed by atoms with van der Waals surface area (Å²) in [5.41, 5.74) is 6.09. The number of amides is 2. The summed E-state index contributed by atoms with van der Waals surface area (Å²) in [5.74, 6) is -0.129. The van der Waals surface area contributed by atoms with E-state index in [-0.39, 0.29) is 24.2 Å². The summed E-state index contributed by atoms with van der Waals surface area (Å²) in [5, 5.41) is 5.15. The summed E-state index contributed by atoms with van der Waals surface area (Å²) in [4.78, 5) is 30.6. The molecule has 7 nitrogen and oxygen atoms in total. The molecule has 0 aromatic carbocycles. The van der Waals surface area contributed by atoms with Crippen molar-refractivity contribution in [3.8, 4) is 0 Å². The molecule has 0 radical (unpaired) electrons. The normalized spacial score (nSPS) is 22.0. The fourth-order valence-corrected chi connectivity index (χ4v) is 1.91. The van der Waals surface area contributed by atoms with Gasteiger partial charge in [0.05, 0.1) is 11.5 Å². The summed E-state index contributed by atoms with van der Waals surface area (Å²) in [7, 11) is 0. The minimum atomic E-state index is -0.468. The number of carbonyl (C=O) groups is 2.